The number of likely N-dealkylation sites (tertiary alicyclic amines) is 1. The maximum absolute atomic E-state index is 13.8. The molecule has 2 unspecified atom stereocenters. The monoisotopic (exact) mass is 663 g/mol. The fourth-order valence-corrected chi connectivity index (χ4v) is 6.69. The van der Waals surface area contributed by atoms with Gasteiger partial charge in [-0.2, -0.15) is 0 Å². The van der Waals surface area contributed by atoms with Crippen molar-refractivity contribution in [2.75, 3.05) is 39.9 Å². The highest BCUT2D eigenvalue weighted by molar-refractivity contribution is 6.33. The number of nitrogens with zero attached hydrogens (tertiary/aromatic N) is 1. The van der Waals surface area contributed by atoms with E-state index in [1.54, 1.807) is 0 Å². The second kappa shape index (κ2) is 17.6. The Morgan fingerprint density at radius 1 is 1.06 bits per heavy atom. The number of nitrogens with one attached hydrogen (secondary N) is 2. The number of piperidine rings is 1. The molecule has 0 aliphatic carbocycles. The molecule has 9 heteroatoms. The molecule has 2 amide bonds. The third kappa shape index (κ3) is 9.80. The van der Waals surface area contributed by atoms with E-state index < -0.39 is 11.7 Å². The first-order chi connectivity index (χ1) is 22.7. The fourth-order valence-electron chi connectivity index (χ4n) is 6.40. The summed E-state index contributed by atoms with van der Waals surface area (Å²) in [7, 11) is 1.33. The Hall–Kier alpha value is -3.43. The largest absolute Gasteiger partial charge is 0.453 e. The second-order valence-corrected chi connectivity index (χ2v) is 13.0. The number of benzene rings is 3. The van der Waals surface area contributed by atoms with E-state index in [0.29, 0.717) is 56.2 Å². The van der Waals surface area contributed by atoms with Crippen LogP contribution in [0.15, 0.2) is 66.7 Å². The van der Waals surface area contributed by atoms with Crippen molar-refractivity contribution in [3.63, 3.8) is 0 Å². The first kappa shape index (κ1) is 36.4. The second-order valence-electron chi connectivity index (χ2n) is 12.5. The summed E-state index contributed by atoms with van der Waals surface area (Å²) in [5, 5.41) is 19.5. The van der Waals surface area contributed by atoms with Crippen LogP contribution in [-0.4, -0.2) is 68.0 Å². The highest BCUT2D eigenvalue weighted by Gasteiger charge is 2.43. The van der Waals surface area contributed by atoms with E-state index in [4.69, 9.17) is 21.1 Å². The molecule has 254 valence electrons. The lowest BCUT2D eigenvalue weighted by atomic mass is 9.72. The number of methoxy groups -OCH3 is 1. The van der Waals surface area contributed by atoms with E-state index in [2.05, 4.69) is 29.7 Å². The van der Waals surface area contributed by atoms with Crippen molar-refractivity contribution in [2.45, 2.75) is 71.1 Å². The van der Waals surface area contributed by atoms with E-state index >= 15 is 0 Å². The number of amides is 2. The Balaban J connectivity index is 1.57. The van der Waals surface area contributed by atoms with Crippen LogP contribution in [0.5, 0.6) is 0 Å². The van der Waals surface area contributed by atoms with Crippen molar-refractivity contribution < 1.29 is 24.2 Å². The summed E-state index contributed by atoms with van der Waals surface area (Å²) >= 11 is 6.90. The minimum absolute atomic E-state index is 0.0452. The van der Waals surface area contributed by atoms with Crippen LogP contribution >= 0.6 is 11.6 Å². The van der Waals surface area contributed by atoms with Gasteiger partial charge in [-0.3, -0.25) is 4.79 Å². The van der Waals surface area contributed by atoms with E-state index in [9.17, 15) is 14.7 Å². The third-order valence-electron chi connectivity index (χ3n) is 8.94. The van der Waals surface area contributed by atoms with Gasteiger partial charge < -0.3 is 30.1 Å². The topological polar surface area (TPSA) is 100 Å². The van der Waals surface area contributed by atoms with Gasteiger partial charge in [-0.15, -0.1) is 0 Å². The van der Waals surface area contributed by atoms with Crippen LogP contribution in [0.3, 0.4) is 0 Å². The summed E-state index contributed by atoms with van der Waals surface area (Å²) in [6.45, 7) is 9.63. The normalized spacial score (nSPS) is 16.1. The summed E-state index contributed by atoms with van der Waals surface area (Å²) < 4.78 is 10.3. The van der Waals surface area contributed by atoms with Gasteiger partial charge >= 0.3 is 6.09 Å². The predicted molar refractivity (Wildman–Crippen MR) is 188 cm³/mol. The summed E-state index contributed by atoms with van der Waals surface area (Å²) in [6.07, 6.45) is 2.97. The van der Waals surface area contributed by atoms with E-state index in [0.717, 1.165) is 48.1 Å². The van der Waals surface area contributed by atoms with Crippen molar-refractivity contribution in [1.82, 2.24) is 15.5 Å². The molecular formula is C38H50ClN3O5. The predicted octanol–water partition coefficient (Wildman–Crippen LogP) is 6.96. The number of halogens is 1. The van der Waals surface area contributed by atoms with Gasteiger partial charge in [-0.25, -0.2) is 4.79 Å². The highest BCUT2D eigenvalue weighted by atomic mass is 35.5. The van der Waals surface area contributed by atoms with Gasteiger partial charge in [-0.05, 0) is 86.4 Å². The van der Waals surface area contributed by atoms with Crippen LogP contribution in [0.1, 0.15) is 73.5 Å². The van der Waals surface area contributed by atoms with E-state index in [1.807, 2.05) is 73.3 Å². The molecule has 0 aromatic heterocycles. The van der Waals surface area contributed by atoms with E-state index in [1.165, 1.54) is 12.7 Å². The van der Waals surface area contributed by atoms with Crippen molar-refractivity contribution in [2.24, 2.45) is 5.92 Å². The molecule has 1 aliphatic heterocycles. The number of hydrogen-bond donors (Lipinski definition) is 3. The lowest BCUT2D eigenvalue weighted by Crippen LogP contribution is -2.48. The van der Waals surface area contributed by atoms with Gasteiger partial charge in [-0.1, -0.05) is 67.1 Å². The van der Waals surface area contributed by atoms with Crippen LogP contribution in [0.4, 0.5) is 4.79 Å². The molecule has 3 aromatic carbocycles. The first-order valence-corrected chi connectivity index (χ1v) is 17.2. The molecule has 3 N–H and O–H groups in total. The highest BCUT2D eigenvalue weighted by Crippen LogP contribution is 2.45. The summed E-state index contributed by atoms with van der Waals surface area (Å²) in [5.41, 5.74) is 4.08. The van der Waals surface area contributed by atoms with Crippen LogP contribution in [0.25, 0.3) is 11.1 Å². The summed E-state index contributed by atoms with van der Waals surface area (Å²) in [5.74, 6) is -0.294. The fraction of sp³-hybridized carbons (Fsp3) is 0.474. The number of carbonyl (C=O) groups excluding carboxylic acids is 2. The molecule has 4 rings (SSSR count). The molecule has 1 aliphatic rings. The number of hydrogen-bond acceptors (Lipinski definition) is 6. The minimum atomic E-state index is -1.31. The molecule has 1 saturated heterocycles. The van der Waals surface area contributed by atoms with Gasteiger partial charge in [0.25, 0.3) is 5.91 Å². The Morgan fingerprint density at radius 3 is 2.55 bits per heavy atom. The zero-order chi connectivity index (χ0) is 33.8. The van der Waals surface area contributed by atoms with Gasteiger partial charge in [0.2, 0.25) is 0 Å². The quantitative estimate of drug-likeness (QED) is 0.152. The molecule has 1 fully saturated rings. The van der Waals surface area contributed by atoms with Crippen LogP contribution in [0.2, 0.25) is 5.02 Å². The van der Waals surface area contributed by atoms with Gasteiger partial charge in [0.05, 0.1) is 25.4 Å². The van der Waals surface area contributed by atoms with Crippen LogP contribution in [-0.2, 0) is 28.0 Å². The number of alkyl carbamates (subject to hydrolysis) is 1. The molecule has 0 bridgehead atoms. The van der Waals surface area contributed by atoms with Gasteiger partial charge in [0, 0.05) is 54.8 Å². The van der Waals surface area contributed by atoms with E-state index in [-0.39, 0.29) is 17.9 Å². The number of carbonyl (C=O) groups is 2. The zero-order valence-corrected chi connectivity index (χ0v) is 28.9. The Kier molecular flexibility index (Phi) is 13.7. The van der Waals surface area contributed by atoms with Crippen molar-refractivity contribution in [3.05, 3.63) is 94.0 Å². The average Bonchev–Trinajstić information content (AvgIpc) is 3.09. The number of aliphatic hydroxyl groups is 1. The molecule has 8 nitrogen and oxygen atoms in total. The maximum atomic E-state index is 13.8. The molecule has 3 aromatic rings. The van der Waals surface area contributed by atoms with Crippen molar-refractivity contribution >= 4 is 23.6 Å². The minimum Gasteiger partial charge on any atom is -0.453 e. The Bertz CT molecular complexity index is 1460. The van der Waals surface area contributed by atoms with Crippen molar-refractivity contribution in [1.29, 1.82) is 0 Å². The molecule has 2 atom stereocenters. The Morgan fingerprint density at radius 2 is 1.83 bits per heavy atom. The maximum Gasteiger partial charge on any atom is 0.406 e. The number of aryl methyl sites for hydroxylation is 1. The average molecular weight is 664 g/mol. The Labute approximate surface area is 284 Å². The molecule has 0 radical (unpaired) electrons. The first-order valence-electron chi connectivity index (χ1n) is 16.8. The molecule has 1 heterocycles. The smallest absolute Gasteiger partial charge is 0.406 e. The standard InChI is InChI=1S/C38H50ClN3O5/c1-5-28-10-6-11-31(24-28)35-33(13-7-14-34(35)39)38(45,19-9-20-41-37(44)46-4)32-12-8-22-42(26-32)36(43)30-17-15-29(16-18-30)25-40-21-23-47-27(2)3/h6-7,10-11,13-18,24,27,32,40,45H,5,8-9,12,19-23,25-26H2,1-4H3,(H,41,44). The molecule has 0 spiro atoms. The molecule has 47 heavy (non-hydrogen) atoms. The summed E-state index contributed by atoms with van der Waals surface area (Å²) in [6, 6.07) is 21.7. The third-order valence-corrected chi connectivity index (χ3v) is 9.25. The lowest BCUT2D eigenvalue weighted by molar-refractivity contribution is -0.0563. The SMILES string of the molecule is CCc1cccc(-c2c(Cl)cccc2C(O)(CCCNC(=O)OC)C2CCCN(C(=O)c3ccc(CNCCOC(C)C)cc3)C2)c1. The number of rotatable bonds is 15. The van der Waals surface area contributed by atoms with Crippen LogP contribution in [0, 0.1) is 5.92 Å². The zero-order valence-electron chi connectivity index (χ0n) is 28.2. The van der Waals surface area contributed by atoms with Crippen molar-refractivity contribution in [3.8, 4) is 11.1 Å². The van der Waals surface area contributed by atoms with Gasteiger partial charge in [0.1, 0.15) is 0 Å². The molecule has 0 saturated carbocycles. The number of ether oxygens (including phenoxy) is 2. The summed E-state index contributed by atoms with van der Waals surface area (Å²) in [4.78, 5) is 27.4. The lowest BCUT2D eigenvalue weighted by Gasteiger charge is -2.44. The van der Waals surface area contributed by atoms with Crippen LogP contribution < -0.4 is 10.6 Å². The molecular weight excluding hydrogens is 614 g/mol. The van der Waals surface area contributed by atoms with Gasteiger partial charge in [0.15, 0.2) is 0 Å².